The highest BCUT2D eigenvalue weighted by Gasteiger charge is 2.18. The van der Waals surface area contributed by atoms with E-state index in [1.807, 2.05) is 6.21 Å². The van der Waals surface area contributed by atoms with Crippen LogP contribution in [0.1, 0.15) is 12.8 Å². The third-order valence-corrected chi connectivity index (χ3v) is 1.75. The van der Waals surface area contributed by atoms with E-state index in [1.54, 1.807) is 6.20 Å². The molecule has 0 aromatic heterocycles. The molecular weight excluding hydrogens is 227 g/mol. The molecule has 0 unspecified atom stereocenters. The van der Waals surface area contributed by atoms with Crippen LogP contribution in [0.15, 0.2) is 14.8 Å². The summed E-state index contributed by atoms with van der Waals surface area (Å²) in [5.41, 5.74) is 5.22. The minimum Gasteiger partial charge on any atom is -0.404 e. The molecular formula is C6H9IN2. The Kier molecular flexibility index (Phi) is 2.50. The molecule has 0 spiro atoms. The highest BCUT2D eigenvalue weighted by atomic mass is 127. The first kappa shape index (κ1) is 7.05. The molecule has 0 amide bonds. The van der Waals surface area contributed by atoms with Gasteiger partial charge in [-0.15, -0.1) is 0 Å². The van der Waals surface area contributed by atoms with Crippen molar-refractivity contribution < 1.29 is 0 Å². The van der Waals surface area contributed by atoms with Crippen molar-refractivity contribution in [2.75, 3.05) is 0 Å². The Bertz CT molecular complexity index is 147. The van der Waals surface area contributed by atoms with E-state index < -0.39 is 0 Å². The average Bonchev–Trinajstić information content (AvgIpc) is 2.65. The van der Waals surface area contributed by atoms with E-state index in [4.69, 9.17) is 5.73 Å². The van der Waals surface area contributed by atoms with Crippen LogP contribution in [0.4, 0.5) is 0 Å². The van der Waals surface area contributed by atoms with Crippen LogP contribution in [-0.4, -0.2) is 12.3 Å². The summed E-state index contributed by atoms with van der Waals surface area (Å²) >= 11 is 2.15. The van der Waals surface area contributed by atoms with Crippen LogP contribution in [0.25, 0.3) is 0 Å². The molecule has 3 heteroatoms. The summed E-state index contributed by atoms with van der Waals surface area (Å²) in [6, 6.07) is 0.606. The Morgan fingerprint density at radius 3 is 2.78 bits per heavy atom. The molecule has 1 fully saturated rings. The Morgan fingerprint density at radius 1 is 1.67 bits per heavy atom. The van der Waals surface area contributed by atoms with Gasteiger partial charge < -0.3 is 5.73 Å². The Morgan fingerprint density at radius 2 is 2.33 bits per heavy atom. The maximum atomic E-state index is 5.22. The first-order valence-electron chi connectivity index (χ1n) is 2.93. The minimum atomic E-state index is 0.606. The van der Waals surface area contributed by atoms with E-state index in [1.165, 1.54) is 12.8 Å². The fraction of sp³-hybridized carbons (Fsp3) is 0.500. The lowest BCUT2D eigenvalue weighted by Gasteiger charge is -1.83. The quantitative estimate of drug-likeness (QED) is 0.572. The molecule has 1 rings (SSSR count). The van der Waals surface area contributed by atoms with Crippen LogP contribution in [0, 0.1) is 0 Å². The molecule has 1 saturated carbocycles. The minimum absolute atomic E-state index is 0.606. The van der Waals surface area contributed by atoms with E-state index in [0.717, 1.165) is 3.58 Å². The van der Waals surface area contributed by atoms with Gasteiger partial charge in [-0.1, -0.05) is 0 Å². The predicted octanol–water partition coefficient (Wildman–Crippen LogP) is 1.45. The van der Waals surface area contributed by atoms with Crippen LogP contribution in [0.3, 0.4) is 0 Å². The molecule has 0 aliphatic heterocycles. The zero-order chi connectivity index (χ0) is 6.69. The number of hydrogen-bond acceptors (Lipinski definition) is 2. The molecule has 50 valence electrons. The van der Waals surface area contributed by atoms with Crippen molar-refractivity contribution in [1.82, 2.24) is 0 Å². The number of hydrogen-bond donors (Lipinski definition) is 1. The van der Waals surface area contributed by atoms with Crippen LogP contribution in [0.5, 0.6) is 0 Å². The fourth-order valence-electron chi connectivity index (χ4n) is 0.443. The fourth-order valence-corrected chi connectivity index (χ4v) is 0.604. The van der Waals surface area contributed by atoms with Gasteiger partial charge in [-0.2, -0.15) is 0 Å². The summed E-state index contributed by atoms with van der Waals surface area (Å²) in [6.07, 6.45) is 5.90. The molecule has 2 N–H and O–H groups in total. The second-order valence-electron chi connectivity index (χ2n) is 2.06. The molecule has 0 aromatic rings. The number of nitrogens with two attached hydrogens (primary N) is 1. The summed E-state index contributed by atoms with van der Waals surface area (Å²) in [7, 11) is 0. The topological polar surface area (TPSA) is 38.4 Å². The van der Waals surface area contributed by atoms with Crippen LogP contribution < -0.4 is 5.73 Å². The molecule has 0 radical (unpaired) electrons. The number of nitrogens with zero attached hydrogens (tertiary/aromatic N) is 1. The molecule has 2 nitrogen and oxygen atoms in total. The van der Waals surface area contributed by atoms with Crippen molar-refractivity contribution in [3.05, 3.63) is 9.78 Å². The zero-order valence-corrected chi connectivity index (χ0v) is 7.21. The first-order chi connectivity index (χ1) is 4.33. The van der Waals surface area contributed by atoms with Gasteiger partial charge in [0.15, 0.2) is 0 Å². The molecule has 0 aromatic carbocycles. The summed E-state index contributed by atoms with van der Waals surface area (Å²) in [5.74, 6) is 0. The molecule has 0 saturated heterocycles. The standard InChI is InChI=1S/C6H9IN2/c7-5(3-8)4-9-6-1-2-6/h3-4,6H,1-2,8H2. The zero-order valence-electron chi connectivity index (χ0n) is 5.05. The van der Waals surface area contributed by atoms with Gasteiger partial charge in [0.05, 0.1) is 6.04 Å². The van der Waals surface area contributed by atoms with Crippen LogP contribution in [0.2, 0.25) is 0 Å². The van der Waals surface area contributed by atoms with Crippen LogP contribution >= 0.6 is 22.6 Å². The van der Waals surface area contributed by atoms with Gasteiger partial charge in [0.25, 0.3) is 0 Å². The predicted molar refractivity (Wildman–Crippen MR) is 47.8 cm³/mol. The van der Waals surface area contributed by atoms with Crippen molar-refractivity contribution in [2.24, 2.45) is 10.7 Å². The third-order valence-electron chi connectivity index (χ3n) is 1.11. The van der Waals surface area contributed by atoms with Crippen molar-refractivity contribution in [3.8, 4) is 0 Å². The molecule has 0 heterocycles. The number of rotatable bonds is 2. The van der Waals surface area contributed by atoms with Crippen molar-refractivity contribution in [3.63, 3.8) is 0 Å². The molecule has 9 heavy (non-hydrogen) atoms. The molecule has 0 atom stereocenters. The lowest BCUT2D eigenvalue weighted by atomic mass is 10.6. The number of halogens is 1. The Balaban J connectivity index is 2.29. The van der Waals surface area contributed by atoms with Crippen molar-refractivity contribution >= 4 is 28.8 Å². The third kappa shape index (κ3) is 2.84. The smallest absolute Gasteiger partial charge is 0.0501 e. The largest absolute Gasteiger partial charge is 0.404 e. The van der Waals surface area contributed by atoms with Gasteiger partial charge in [0.2, 0.25) is 0 Å². The van der Waals surface area contributed by atoms with Gasteiger partial charge in [-0.05, 0) is 35.4 Å². The normalized spacial score (nSPS) is 21.2. The maximum Gasteiger partial charge on any atom is 0.0501 e. The second-order valence-corrected chi connectivity index (χ2v) is 3.31. The molecule has 0 bridgehead atoms. The number of allylic oxidation sites excluding steroid dienone is 1. The van der Waals surface area contributed by atoms with Gasteiger partial charge >= 0.3 is 0 Å². The molecule has 1 aliphatic carbocycles. The van der Waals surface area contributed by atoms with E-state index >= 15 is 0 Å². The van der Waals surface area contributed by atoms with Gasteiger partial charge in [-0.25, -0.2) is 0 Å². The lowest BCUT2D eigenvalue weighted by molar-refractivity contribution is 1.08. The van der Waals surface area contributed by atoms with Crippen LogP contribution in [-0.2, 0) is 0 Å². The monoisotopic (exact) mass is 236 g/mol. The van der Waals surface area contributed by atoms with Gasteiger partial charge in [0, 0.05) is 16.0 Å². The second kappa shape index (κ2) is 3.20. The van der Waals surface area contributed by atoms with Gasteiger partial charge in [0.1, 0.15) is 0 Å². The lowest BCUT2D eigenvalue weighted by Crippen LogP contribution is -1.83. The van der Waals surface area contributed by atoms with E-state index in [0.29, 0.717) is 6.04 Å². The molecule has 1 aliphatic rings. The highest BCUT2D eigenvalue weighted by molar-refractivity contribution is 14.1. The summed E-state index contributed by atoms with van der Waals surface area (Å²) in [4.78, 5) is 4.23. The van der Waals surface area contributed by atoms with E-state index in [9.17, 15) is 0 Å². The Labute approximate surface area is 68.4 Å². The number of aliphatic imine (C=N–C) groups is 1. The summed E-state index contributed by atoms with van der Waals surface area (Å²) < 4.78 is 1.01. The Hall–Kier alpha value is -0.0600. The van der Waals surface area contributed by atoms with E-state index in [-0.39, 0.29) is 0 Å². The van der Waals surface area contributed by atoms with Crippen molar-refractivity contribution in [1.29, 1.82) is 0 Å². The summed E-state index contributed by atoms with van der Waals surface area (Å²) in [6.45, 7) is 0. The SMILES string of the molecule is NC=C(I)C=NC1CC1. The maximum absolute atomic E-state index is 5.22. The first-order valence-corrected chi connectivity index (χ1v) is 4.01. The van der Waals surface area contributed by atoms with Crippen molar-refractivity contribution in [2.45, 2.75) is 18.9 Å². The summed E-state index contributed by atoms with van der Waals surface area (Å²) in [5, 5.41) is 0. The average molecular weight is 236 g/mol. The van der Waals surface area contributed by atoms with E-state index in [2.05, 4.69) is 27.6 Å². The highest BCUT2D eigenvalue weighted by Crippen LogP contribution is 2.23. The van der Waals surface area contributed by atoms with Gasteiger partial charge in [-0.3, -0.25) is 4.99 Å².